The van der Waals surface area contributed by atoms with E-state index in [0.717, 1.165) is 19.4 Å². The lowest BCUT2D eigenvalue weighted by atomic mass is 9.93. The lowest BCUT2D eigenvalue weighted by Gasteiger charge is -2.21. The zero-order valence-electron chi connectivity index (χ0n) is 24.2. The monoisotopic (exact) mass is 520 g/mol. The topological polar surface area (TPSA) is 65.0 Å². The van der Waals surface area contributed by atoms with Gasteiger partial charge in [-0.15, -0.1) is 0 Å². The molecule has 5 nitrogen and oxygen atoms in total. The van der Waals surface area contributed by atoms with Crippen LogP contribution in [0.1, 0.15) is 143 Å². The molecular weight excluding hydrogens is 459 g/mol. The summed E-state index contributed by atoms with van der Waals surface area (Å²) in [5.41, 5.74) is 0.0928. The lowest BCUT2D eigenvalue weighted by molar-refractivity contribution is 0.00556. The van der Waals surface area contributed by atoms with Crippen molar-refractivity contribution < 1.29 is 23.5 Å². The summed E-state index contributed by atoms with van der Waals surface area (Å²) >= 11 is 0. The Morgan fingerprint density at radius 3 is 1.63 bits per heavy atom. The van der Waals surface area contributed by atoms with Gasteiger partial charge in [0.2, 0.25) is 0 Å². The van der Waals surface area contributed by atoms with E-state index < -0.39 is 7.60 Å². The highest BCUT2D eigenvalue weighted by Crippen LogP contribution is 2.43. The van der Waals surface area contributed by atoms with Gasteiger partial charge in [0, 0.05) is 13.7 Å². The summed E-state index contributed by atoms with van der Waals surface area (Å²) in [6.07, 6.45) is 23.0. The van der Waals surface area contributed by atoms with Gasteiger partial charge in [-0.05, 0) is 24.7 Å². The number of rotatable bonds is 26. The number of hydrogen-bond donors (Lipinski definition) is 1. The third-order valence-corrected chi connectivity index (χ3v) is 8.07. The maximum absolute atomic E-state index is 12.2. The Hall–Kier alpha value is 0.0700. The van der Waals surface area contributed by atoms with Gasteiger partial charge in [0.15, 0.2) is 0 Å². The summed E-state index contributed by atoms with van der Waals surface area (Å²) in [5.74, 6) is 0. The van der Waals surface area contributed by atoms with Crippen LogP contribution in [0.15, 0.2) is 0 Å². The van der Waals surface area contributed by atoms with Gasteiger partial charge in [-0.3, -0.25) is 4.57 Å². The van der Waals surface area contributed by atoms with E-state index in [4.69, 9.17) is 14.0 Å². The molecule has 0 saturated heterocycles. The van der Waals surface area contributed by atoms with Crippen LogP contribution in [-0.2, 0) is 18.6 Å². The molecule has 6 heteroatoms. The van der Waals surface area contributed by atoms with Crippen molar-refractivity contribution in [3.05, 3.63) is 0 Å². The van der Waals surface area contributed by atoms with Gasteiger partial charge in [0.05, 0.1) is 25.5 Å². The van der Waals surface area contributed by atoms with Crippen LogP contribution in [0.5, 0.6) is 0 Å². The molecule has 0 aromatic heterocycles. The van der Waals surface area contributed by atoms with E-state index in [1.165, 1.54) is 96.3 Å². The smallest absolute Gasteiger partial charge is 0.328 e. The lowest BCUT2D eigenvalue weighted by Crippen LogP contribution is -2.20. The van der Waals surface area contributed by atoms with Gasteiger partial charge >= 0.3 is 7.60 Å². The van der Waals surface area contributed by atoms with Crippen molar-refractivity contribution in [2.75, 3.05) is 33.1 Å². The van der Waals surface area contributed by atoms with Gasteiger partial charge in [-0.1, -0.05) is 124 Å². The molecule has 0 aliphatic heterocycles. The van der Waals surface area contributed by atoms with Crippen LogP contribution in [0.4, 0.5) is 0 Å². The van der Waals surface area contributed by atoms with Crippen molar-refractivity contribution in [2.24, 2.45) is 5.41 Å². The van der Waals surface area contributed by atoms with Crippen molar-refractivity contribution in [1.82, 2.24) is 0 Å². The fraction of sp³-hybridized carbons (Fsp3) is 1.00. The molecule has 0 bridgehead atoms. The Bertz CT molecular complexity index is 492. The highest BCUT2D eigenvalue weighted by atomic mass is 31.2. The second-order valence-corrected chi connectivity index (χ2v) is 13.5. The number of hydrogen-bond acceptors (Lipinski definition) is 4. The molecular formula is C29H61O5P. The molecule has 0 aliphatic rings. The number of ether oxygens (including phenoxy) is 2. The van der Waals surface area contributed by atoms with Crippen molar-refractivity contribution in [2.45, 2.75) is 149 Å². The molecule has 2 unspecified atom stereocenters. The van der Waals surface area contributed by atoms with Gasteiger partial charge in [0.25, 0.3) is 0 Å². The fourth-order valence-corrected chi connectivity index (χ4v) is 5.22. The molecule has 0 radical (unpaired) electrons. The summed E-state index contributed by atoms with van der Waals surface area (Å²) in [6.45, 7) is 10.1. The third-order valence-electron chi connectivity index (χ3n) is 6.66. The second kappa shape index (κ2) is 23.2. The van der Waals surface area contributed by atoms with Crippen LogP contribution >= 0.6 is 7.60 Å². The van der Waals surface area contributed by atoms with Crippen LogP contribution in [0.25, 0.3) is 0 Å². The predicted molar refractivity (Wildman–Crippen MR) is 150 cm³/mol. The summed E-state index contributed by atoms with van der Waals surface area (Å²) in [4.78, 5) is 10.0. The van der Waals surface area contributed by atoms with Crippen molar-refractivity contribution in [1.29, 1.82) is 0 Å². The minimum absolute atomic E-state index is 0.0928. The molecule has 1 N–H and O–H groups in total. The van der Waals surface area contributed by atoms with Crippen LogP contribution in [0, 0.1) is 5.41 Å². The van der Waals surface area contributed by atoms with Gasteiger partial charge < -0.3 is 18.9 Å². The highest BCUT2D eigenvalue weighted by molar-refractivity contribution is 7.52. The molecule has 0 aromatic carbocycles. The molecule has 0 fully saturated rings. The van der Waals surface area contributed by atoms with E-state index in [1.807, 2.05) is 0 Å². The van der Waals surface area contributed by atoms with E-state index >= 15 is 0 Å². The average molecular weight is 521 g/mol. The Balaban J connectivity index is 3.49. The Morgan fingerprint density at radius 2 is 1.20 bits per heavy atom. The fourth-order valence-electron chi connectivity index (χ4n) is 4.10. The Labute approximate surface area is 219 Å². The van der Waals surface area contributed by atoms with Crippen molar-refractivity contribution >= 4 is 7.60 Å². The quantitative estimate of drug-likeness (QED) is 0.0909. The molecule has 212 valence electrons. The van der Waals surface area contributed by atoms with Crippen molar-refractivity contribution in [3.8, 4) is 0 Å². The molecule has 0 saturated carbocycles. The molecule has 0 aliphatic carbocycles. The molecule has 0 heterocycles. The molecule has 0 spiro atoms. The van der Waals surface area contributed by atoms with Gasteiger partial charge in [-0.2, -0.15) is 0 Å². The SMILES string of the molecule is CCCCCCCCCCCCCCCCCCOCC(CCP(=O)(O)OCCC(C)(C)C)OC. The van der Waals surface area contributed by atoms with Crippen LogP contribution < -0.4 is 0 Å². The maximum atomic E-state index is 12.2. The van der Waals surface area contributed by atoms with Crippen LogP contribution in [0.3, 0.4) is 0 Å². The van der Waals surface area contributed by atoms with Crippen molar-refractivity contribution in [3.63, 3.8) is 0 Å². The van der Waals surface area contributed by atoms with E-state index in [9.17, 15) is 9.46 Å². The van der Waals surface area contributed by atoms with Crippen LogP contribution in [-0.4, -0.2) is 44.1 Å². The first kappa shape index (κ1) is 35.1. The second-order valence-electron chi connectivity index (χ2n) is 11.5. The normalized spacial score (nSPS) is 14.8. The number of methoxy groups -OCH3 is 1. The summed E-state index contributed by atoms with van der Waals surface area (Å²) in [6, 6.07) is 0. The molecule has 0 rings (SSSR count). The first-order chi connectivity index (χ1) is 16.7. The summed E-state index contributed by atoms with van der Waals surface area (Å²) < 4.78 is 28.6. The minimum Gasteiger partial charge on any atom is -0.379 e. The minimum atomic E-state index is -3.56. The molecule has 0 aromatic rings. The van der Waals surface area contributed by atoms with Gasteiger partial charge in [-0.25, -0.2) is 0 Å². The standard InChI is InChI=1S/C29H61O5P/c1-6-7-8-9-10-11-12-13-14-15-16-17-18-19-20-21-24-33-27-28(32-5)22-26-35(30,31)34-25-23-29(2,3)4/h28H,6-27H2,1-5H3,(H,30,31). The van der Waals surface area contributed by atoms with E-state index in [0.29, 0.717) is 19.6 Å². The third kappa shape index (κ3) is 26.9. The average Bonchev–Trinajstić information content (AvgIpc) is 2.79. The highest BCUT2D eigenvalue weighted by Gasteiger charge is 2.23. The molecule has 35 heavy (non-hydrogen) atoms. The first-order valence-corrected chi connectivity index (χ1v) is 16.5. The number of unbranched alkanes of at least 4 members (excludes halogenated alkanes) is 15. The van der Waals surface area contributed by atoms with E-state index in [2.05, 4.69) is 27.7 Å². The zero-order chi connectivity index (χ0) is 26.3. The largest absolute Gasteiger partial charge is 0.379 e. The van der Waals surface area contributed by atoms with Crippen LogP contribution in [0.2, 0.25) is 0 Å². The predicted octanol–water partition coefficient (Wildman–Crippen LogP) is 9.31. The molecule has 2 atom stereocenters. The Kier molecular flexibility index (Phi) is 23.3. The zero-order valence-corrected chi connectivity index (χ0v) is 25.1. The Morgan fingerprint density at radius 1 is 0.743 bits per heavy atom. The summed E-state index contributed by atoms with van der Waals surface area (Å²) in [7, 11) is -1.93. The van der Waals surface area contributed by atoms with Gasteiger partial charge in [0.1, 0.15) is 0 Å². The first-order valence-electron chi connectivity index (χ1n) is 14.8. The molecule has 0 amide bonds. The summed E-state index contributed by atoms with van der Waals surface area (Å²) in [5, 5.41) is 0. The van der Waals surface area contributed by atoms with E-state index in [1.54, 1.807) is 7.11 Å². The maximum Gasteiger partial charge on any atom is 0.328 e. The van der Waals surface area contributed by atoms with E-state index in [-0.39, 0.29) is 17.7 Å².